The van der Waals surface area contributed by atoms with Gasteiger partial charge >= 0.3 is 0 Å². The summed E-state index contributed by atoms with van der Waals surface area (Å²) in [4.78, 5) is 3.72. The van der Waals surface area contributed by atoms with Crippen molar-refractivity contribution in [2.24, 2.45) is 0 Å². The molecule has 3 nitrogen and oxygen atoms in total. The molecule has 0 saturated carbocycles. The van der Waals surface area contributed by atoms with Crippen LogP contribution in [0.2, 0.25) is 0 Å². The smallest absolute Gasteiger partial charge is 0.215 e. The van der Waals surface area contributed by atoms with Gasteiger partial charge in [-0.2, -0.15) is 4.39 Å². The predicted molar refractivity (Wildman–Crippen MR) is 55.1 cm³/mol. The molecule has 0 spiro atoms. The van der Waals surface area contributed by atoms with Crippen LogP contribution in [0.15, 0.2) is 12.1 Å². The van der Waals surface area contributed by atoms with Gasteiger partial charge in [0.1, 0.15) is 5.82 Å². The monoisotopic (exact) mass is 294 g/mol. The molecule has 1 aromatic rings. The van der Waals surface area contributed by atoms with Crippen LogP contribution in [0.4, 0.5) is 10.2 Å². The van der Waals surface area contributed by atoms with Crippen molar-refractivity contribution in [3.8, 4) is 0 Å². The van der Waals surface area contributed by atoms with Crippen LogP contribution >= 0.6 is 22.6 Å². The van der Waals surface area contributed by atoms with E-state index in [1.807, 2.05) is 6.07 Å². The van der Waals surface area contributed by atoms with E-state index in [9.17, 15) is 4.39 Å². The maximum absolute atomic E-state index is 12.8. The molecule has 13 heavy (non-hydrogen) atoms. The second-order valence-electron chi connectivity index (χ2n) is 2.87. The van der Waals surface area contributed by atoms with Crippen LogP contribution in [0, 0.1) is 9.52 Å². The summed E-state index contributed by atoms with van der Waals surface area (Å²) in [6.07, 6.45) is 0. The Morgan fingerprint density at radius 3 is 2.85 bits per heavy atom. The maximum atomic E-state index is 12.8. The fourth-order valence-corrected chi connectivity index (χ4v) is 1.62. The molecule has 0 radical (unpaired) electrons. The minimum absolute atomic E-state index is 0.282. The lowest BCUT2D eigenvalue weighted by atomic mass is 10.2. The highest BCUT2D eigenvalue weighted by molar-refractivity contribution is 14.1. The van der Waals surface area contributed by atoms with E-state index in [2.05, 4.69) is 32.9 Å². The maximum Gasteiger partial charge on any atom is 0.215 e. The van der Waals surface area contributed by atoms with Gasteiger partial charge in [0, 0.05) is 9.64 Å². The molecule has 0 aromatic carbocycles. The van der Waals surface area contributed by atoms with Crippen LogP contribution in [0.25, 0.3) is 0 Å². The summed E-state index contributed by atoms with van der Waals surface area (Å²) in [5.41, 5.74) is 0. The number of hydrogen-bond donors (Lipinski definition) is 1. The van der Waals surface area contributed by atoms with E-state index in [-0.39, 0.29) is 6.04 Å². The highest BCUT2D eigenvalue weighted by Crippen LogP contribution is 2.14. The van der Waals surface area contributed by atoms with E-state index in [0.717, 1.165) is 3.57 Å². The summed E-state index contributed by atoms with van der Waals surface area (Å²) < 4.78 is 18.6. The van der Waals surface area contributed by atoms with Crippen molar-refractivity contribution in [1.29, 1.82) is 0 Å². The minimum atomic E-state index is -0.449. The molecule has 0 bridgehead atoms. The molecule has 1 aliphatic rings. The normalized spacial score (nSPS) is 16.8. The third-order valence-electron chi connectivity index (χ3n) is 1.75. The lowest BCUT2D eigenvalue weighted by Gasteiger charge is -2.27. The lowest BCUT2D eigenvalue weighted by molar-refractivity contribution is 0.0209. The number of nitrogens with one attached hydrogen (secondary N) is 1. The number of aromatic nitrogens is 1. The second kappa shape index (κ2) is 3.75. The Morgan fingerprint density at radius 1 is 1.54 bits per heavy atom. The fraction of sp³-hybridized carbons (Fsp3) is 0.375. The van der Waals surface area contributed by atoms with Crippen molar-refractivity contribution in [3.05, 3.63) is 21.7 Å². The van der Waals surface area contributed by atoms with Crippen LogP contribution in [-0.4, -0.2) is 24.2 Å². The van der Waals surface area contributed by atoms with Gasteiger partial charge < -0.3 is 10.1 Å². The lowest BCUT2D eigenvalue weighted by Crippen LogP contribution is -2.40. The summed E-state index contributed by atoms with van der Waals surface area (Å²) in [5.74, 6) is 0.132. The van der Waals surface area contributed by atoms with E-state index in [0.29, 0.717) is 19.0 Å². The molecule has 0 aliphatic carbocycles. The predicted octanol–water partition coefficient (Wildman–Crippen LogP) is 1.64. The summed E-state index contributed by atoms with van der Waals surface area (Å²) in [6, 6.07) is 3.48. The van der Waals surface area contributed by atoms with Gasteiger partial charge in [-0.05, 0) is 28.7 Å². The van der Waals surface area contributed by atoms with Gasteiger partial charge in [-0.15, -0.1) is 0 Å². The largest absolute Gasteiger partial charge is 0.377 e. The van der Waals surface area contributed by atoms with E-state index >= 15 is 0 Å². The van der Waals surface area contributed by atoms with Crippen molar-refractivity contribution < 1.29 is 9.13 Å². The van der Waals surface area contributed by atoms with Crippen LogP contribution in [-0.2, 0) is 4.74 Å². The number of hydrogen-bond acceptors (Lipinski definition) is 3. The number of anilines is 1. The number of ether oxygens (including phenoxy) is 1. The second-order valence-corrected chi connectivity index (χ2v) is 4.12. The third-order valence-corrected chi connectivity index (χ3v) is 2.37. The Morgan fingerprint density at radius 2 is 2.31 bits per heavy atom. The standard InChI is InChI=1S/C8H8FIN2O/c9-7-1-5(10)2-8(12-7)11-6-3-13-4-6/h1-2,6H,3-4H2,(H,11,12). The fourth-order valence-electron chi connectivity index (χ4n) is 1.07. The van der Waals surface area contributed by atoms with Crippen LogP contribution < -0.4 is 5.32 Å². The third kappa shape index (κ3) is 2.28. The van der Waals surface area contributed by atoms with Crippen LogP contribution in [0.1, 0.15) is 0 Å². The first-order chi connectivity index (χ1) is 6.24. The van der Waals surface area contributed by atoms with E-state index in [1.165, 1.54) is 6.07 Å². The summed E-state index contributed by atoms with van der Waals surface area (Å²) in [5, 5.41) is 3.08. The molecule has 1 saturated heterocycles. The van der Waals surface area contributed by atoms with Gasteiger partial charge in [-0.25, -0.2) is 4.98 Å². The number of halogens is 2. The van der Waals surface area contributed by atoms with Crippen molar-refractivity contribution in [2.45, 2.75) is 6.04 Å². The molecule has 1 fully saturated rings. The Labute approximate surface area is 88.8 Å². The topological polar surface area (TPSA) is 34.1 Å². The quantitative estimate of drug-likeness (QED) is 0.665. The first-order valence-corrected chi connectivity index (χ1v) is 4.99. The minimum Gasteiger partial charge on any atom is -0.377 e. The molecule has 1 aromatic heterocycles. The summed E-state index contributed by atoms with van der Waals surface area (Å²) in [7, 11) is 0. The van der Waals surface area contributed by atoms with Crippen LogP contribution in [0.3, 0.4) is 0 Å². The molecule has 2 rings (SSSR count). The van der Waals surface area contributed by atoms with E-state index < -0.39 is 5.95 Å². The first-order valence-electron chi connectivity index (χ1n) is 3.91. The molecule has 0 unspecified atom stereocenters. The van der Waals surface area contributed by atoms with Gasteiger partial charge in [0.05, 0.1) is 19.3 Å². The van der Waals surface area contributed by atoms with E-state index in [4.69, 9.17) is 4.74 Å². The van der Waals surface area contributed by atoms with Gasteiger partial charge in [0.2, 0.25) is 5.95 Å². The zero-order chi connectivity index (χ0) is 9.26. The molecular formula is C8H8FIN2O. The average molecular weight is 294 g/mol. The molecule has 1 N–H and O–H groups in total. The van der Waals surface area contributed by atoms with Gasteiger partial charge in [-0.1, -0.05) is 0 Å². The summed E-state index contributed by atoms with van der Waals surface area (Å²) in [6.45, 7) is 1.35. The molecule has 0 atom stereocenters. The molecule has 0 amide bonds. The summed E-state index contributed by atoms with van der Waals surface area (Å²) >= 11 is 2.06. The highest BCUT2D eigenvalue weighted by atomic mass is 127. The molecule has 5 heteroatoms. The Kier molecular flexibility index (Phi) is 2.63. The molecule has 1 aliphatic heterocycles. The Bertz CT molecular complexity index is 297. The van der Waals surface area contributed by atoms with Gasteiger partial charge in [0.15, 0.2) is 0 Å². The number of nitrogens with zero attached hydrogens (tertiary/aromatic N) is 1. The molecule has 70 valence electrons. The van der Waals surface area contributed by atoms with Crippen molar-refractivity contribution in [3.63, 3.8) is 0 Å². The Hall–Kier alpha value is -0.430. The van der Waals surface area contributed by atoms with Gasteiger partial charge in [-0.3, -0.25) is 0 Å². The van der Waals surface area contributed by atoms with Crippen molar-refractivity contribution in [1.82, 2.24) is 4.98 Å². The molecule has 2 heterocycles. The van der Waals surface area contributed by atoms with E-state index in [1.54, 1.807) is 0 Å². The number of rotatable bonds is 2. The highest BCUT2D eigenvalue weighted by Gasteiger charge is 2.18. The van der Waals surface area contributed by atoms with Gasteiger partial charge in [0.25, 0.3) is 0 Å². The SMILES string of the molecule is Fc1cc(I)cc(NC2COC2)n1. The zero-order valence-corrected chi connectivity index (χ0v) is 8.92. The molecular weight excluding hydrogens is 286 g/mol. The van der Waals surface area contributed by atoms with Crippen molar-refractivity contribution in [2.75, 3.05) is 18.5 Å². The number of pyridine rings is 1. The zero-order valence-electron chi connectivity index (χ0n) is 6.76. The average Bonchev–Trinajstić information content (AvgIpc) is 1.95. The Balaban J connectivity index is 2.10. The van der Waals surface area contributed by atoms with Crippen molar-refractivity contribution >= 4 is 28.4 Å². The van der Waals surface area contributed by atoms with Crippen LogP contribution in [0.5, 0.6) is 0 Å². The first kappa shape index (κ1) is 9.14.